The second-order valence-electron chi connectivity index (χ2n) is 5.23. The summed E-state index contributed by atoms with van der Waals surface area (Å²) in [5.41, 5.74) is 5.08. The van der Waals surface area contributed by atoms with Crippen molar-refractivity contribution in [2.75, 3.05) is 5.32 Å². The van der Waals surface area contributed by atoms with Gasteiger partial charge in [-0.05, 0) is 29.8 Å². The molecule has 2 aromatic carbocycles. The summed E-state index contributed by atoms with van der Waals surface area (Å²) in [4.78, 5) is 11.7. The fourth-order valence-corrected chi connectivity index (χ4v) is 2.26. The molecule has 0 heterocycles. The third kappa shape index (κ3) is 4.50. The normalized spacial score (nSPS) is 11.1. The number of nitrogens with one attached hydrogen (secondary N) is 2. The molecule has 0 fully saturated rings. The summed E-state index contributed by atoms with van der Waals surface area (Å²) in [6, 6.07) is 7.03. The molecule has 0 aliphatic heterocycles. The molecule has 0 saturated carbocycles. The quantitative estimate of drug-likeness (QED) is 0.422. The monoisotopic (exact) mass is 369 g/mol. The fraction of sp³-hybridized carbons (Fsp3) is 0.176. The molecule has 0 aliphatic carbocycles. The summed E-state index contributed by atoms with van der Waals surface area (Å²) in [5, 5.41) is 9.98. The first-order valence-corrected chi connectivity index (χ1v) is 7.45. The van der Waals surface area contributed by atoms with Crippen molar-refractivity contribution >= 4 is 17.4 Å². The summed E-state index contributed by atoms with van der Waals surface area (Å²) in [7, 11) is 0. The van der Waals surface area contributed by atoms with Crippen LogP contribution in [0.4, 0.5) is 23.2 Å². The minimum atomic E-state index is -5.06. The molecule has 0 aromatic heterocycles. The van der Waals surface area contributed by atoms with Crippen LogP contribution in [0.15, 0.2) is 36.4 Å². The molecule has 0 unspecified atom stereocenters. The summed E-state index contributed by atoms with van der Waals surface area (Å²) in [6.07, 6.45) is -4.97. The van der Waals surface area contributed by atoms with E-state index >= 15 is 0 Å². The van der Waals surface area contributed by atoms with Crippen LogP contribution < -0.4 is 15.8 Å². The lowest BCUT2D eigenvalue weighted by Gasteiger charge is -2.20. The number of amides is 1. The zero-order valence-electron chi connectivity index (χ0n) is 13.6. The van der Waals surface area contributed by atoms with Gasteiger partial charge in [0.25, 0.3) is 0 Å². The molecule has 0 atom stereocenters. The number of benzene rings is 2. The highest BCUT2D eigenvalue weighted by molar-refractivity contribution is 6.04. The highest BCUT2D eigenvalue weighted by atomic mass is 19.4. The third-order valence-electron chi connectivity index (χ3n) is 3.39. The second-order valence-corrected chi connectivity index (χ2v) is 5.23. The van der Waals surface area contributed by atoms with Gasteiger partial charge in [-0.15, -0.1) is 13.2 Å². The average molecular weight is 369 g/mol. The number of rotatable bonds is 5. The standard InChI is InChI=1S/C17H15F4N3O2/c1-2-13(25)24-12-8-7-11(16(22)23)15(26-17(19,20)21)14(12)9-3-5-10(18)6-4-9/h3-8H,2H2,1H3,(H3,22,23)(H,24,25). The molecule has 0 aliphatic rings. The van der Waals surface area contributed by atoms with Crippen LogP contribution in [-0.2, 0) is 4.79 Å². The zero-order valence-corrected chi connectivity index (χ0v) is 13.6. The number of amidine groups is 1. The molecule has 0 radical (unpaired) electrons. The van der Waals surface area contributed by atoms with Crippen LogP contribution in [0.2, 0.25) is 0 Å². The first-order chi connectivity index (χ1) is 12.1. The van der Waals surface area contributed by atoms with Gasteiger partial charge in [0.2, 0.25) is 5.91 Å². The molecular formula is C17H15F4N3O2. The van der Waals surface area contributed by atoms with E-state index in [9.17, 15) is 22.4 Å². The smallest absolute Gasteiger partial charge is 0.404 e. The Morgan fingerprint density at radius 2 is 1.81 bits per heavy atom. The van der Waals surface area contributed by atoms with Gasteiger partial charge < -0.3 is 15.8 Å². The minimum absolute atomic E-state index is 0.0210. The molecule has 2 aromatic rings. The predicted molar refractivity (Wildman–Crippen MR) is 88.5 cm³/mol. The summed E-state index contributed by atoms with van der Waals surface area (Å²) < 4.78 is 56.1. The number of halogens is 4. The van der Waals surface area contributed by atoms with Crippen molar-refractivity contribution < 1.29 is 27.1 Å². The number of ether oxygens (including phenoxy) is 1. The maximum absolute atomic E-state index is 13.2. The summed E-state index contributed by atoms with van der Waals surface area (Å²) in [5.74, 6) is -2.43. The van der Waals surface area contributed by atoms with Crippen LogP contribution in [0, 0.1) is 11.2 Å². The zero-order chi connectivity index (χ0) is 19.5. The van der Waals surface area contributed by atoms with Crippen molar-refractivity contribution in [2.24, 2.45) is 5.73 Å². The van der Waals surface area contributed by atoms with Crippen LogP contribution in [0.25, 0.3) is 11.1 Å². The van der Waals surface area contributed by atoms with E-state index in [1.807, 2.05) is 0 Å². The average Bonchev–Trinajstić information content (AvgIpc) is 2.54. The van der Waals surface area contributed by atoms with E-state index in [1.165, 1.54) is 18.2 Å². The lowest BCUT2D eigenvalue weighted by Crippen LogP contribution is -2.22. The Labute approximate surface area is 146 Å². The van der Waals surface area contributed by atoms with Gasteiger partial charge in [-0.1, -0.05) is 19.1 Å². The minimum Gasteiger partial charge on any atom is -0.404 e. The van der Waals surface area contributed by atoms with Crippen LogP contribution >= 0.6 is 0 Å². The number of nitrogen functional groups attached to an aromatic ring is 1. The van der Waals surface area contributed by atoms with Crippen molar-refractivity contribution in [3.8, 4) is 16.9 Å². The van der Waals surface area contributed by atoms with Gasteiger partial charge in [-0.3, -0.25) is 10.2 Å². The van der Waals surface area contributed by atoms with Gasteiger partial charge in [-0.25, -0.2) is 4.39 Å². The molecule has 9 heteroatoms. The molecule has 0 bridgehead atoms. The fourth-order valence-electron chi connectivity index (χ4n) is 2.26. The van der Waals surface area contributed by atoms with Gasteiger partial charge in [-0.2, -0.15) is 0 Å². The highest BCUT2D eigenvalue weighted by Gasteiger charge is 2.35. The number of alkyl halides is 3. The number of carbonyl (C=O) groups is 1. The Morgan fingerprint density at radius 3 is 2.31 bits per heavy atom. The lowest BCUT2D eigenvalue weighted by molar-refractivity contribution is -0.274. The molecule has 26 heavy (non-hydrogen) atoms. The van der Waals surface area contributed by atoms with E-state index in [0.717, 1.165) is 18.2 Å². The first kappa shape index (κ1) is 19.2. The first-order valence-electron chi connectivity index (χ1n) is 7.45. The SMILES string of the molecule is CCC(=O)Nc1ccc(C(=N)N)c(OC(F)(F)F)c1-c1ccc(F)cc1. The predicted octanol–water partition coefficient (Wildman–Crippen LogP) is 4.02. The summed E-state index contributed by atoms with van der Waals surface area (Å²) in [6.45, 7) is 1.57. The van der Waals surface area contributed by atoms with Crippen molar-refractivity contribution in [2.45, 2.75) is 19.7 Å². The largest absolute Gasteiger partial charge is 0.573 e. The molecule has 0 saturated heterocycles. The summed E-state index contributed by atoms with van der Waals surface area (Å²) >= 11 is 0. The molecule has 5 nitrogen and oxygen atoms in total. The van der Waals surface area contributed by atoms with E-state index in [1.54, 1.807) is 6.92 Å². The number of hydrogen-bond donors (Lipinski definition) is 3. The number of nitrogens with two attached hydrogens (primary N) is 1. The van der Waals surface area contributed by atoms with Crippen molar-refractivity contribution in [3.63, 3.8) is 0 Å². The van der Waals surface area contributed by atoms with E-state index < -0.39 is 29.7 Å². The molecule has 2 rings (SSSR count). The lowest BCUT2D eigenvalue weighted by atomic mass is 9.98. The van der Waals surface area contributed by atoms with Crippen LogP contribution in [0.3, 0.4) is 0 Å². The Bertz CT molecular complexity index is 833. The number of hydrogen-bond acceptors (Lipinski definition) is 3. The Hall–Kier alpha value is -3.10. The van der Waals surface area contributed by atoms with Crippen molar-refractivity contribution in [1.29, 1.82) is 5.41 Å². The van der Waals surface area contributed by atoms with Crippen LogP contribution in [0.5, 0.6) is 5.75 Å². The van der Waals surface area contributed by atoms with Crippen LogP contribution in [0.1, 0.15) is 18.9 Å². The van der Waals surface area contributed by atoms with Crippen molar-refractivity contribution in [1.82, 2.24) is 0 Å². The van der Waals surface area contributed by atoms with Crippen molar-refractivity contribution in [3.05, 3.63) is 47.8 Å². The molecule has 1 amide bonds. The van der Waals surface area contributed by atoms with Gasteiger partial charge in [0, 0.05) is 12.0 Å². The Kier molecular flexibility index (Phi) is 5.49. The van der Waals surface area contributed by atoms with Gasteiger partial charge in [0.1, 0.15) is 17.4 Å². The van der Waals surface area contributed by atoms with E-state index in [-0.39, 0.29) is 28.8 Å². The third-order valence-corrected chi connectivity index (χ3v) is 3.39. The number of anilines is 1. The van der Waals surface area contributed by atoms with E-state index in [2.05, 4.69) is 10.1 Å². The second kappa shape index (κ2) is 7.42. The van der Waals surface area contributed by atoms with Crippen LogP contribution in [-0.4, -0.2) is 18.1 Å². The molecule has 138 valence electrons. The highest BCUT2D eigenvalue weighted by Crippen LogP contribution is 2.42. The van der Waals surface area contributed by atoms with Gasteiger partial charge in [0.15, 0.2) is 0 Å². The topological polar surface area (TPSA) is 88.2 Å². The molecule has 0 spiro atoms. The Balaban J connectivity index is 2.77. The van der Waals surface area contributed by atoms with Gasteiger partial charge in [0.05, 0.1) is 11.3 Å². The maximum Gasteiger partial charge on any atom is 0.573 e. The molecule has 4 N–H and O–H groups in total. The molecular weight excluding hydrogens is 354 g/mol. The van der Waals surface area contributed by atoms with E-state index in [0.29, 0.717) is 0 Å². The van der Waals surface area contributed by atoms with Gasteiger partial charge >= 0.3 is 6.36 Å². The maximum atomic E-state index is 13.2. The number of carbonyl (C=O) groups excluding carboxylic acids is 1. The van der Waals surface area contributed by atoms with E-state index in [4.69, 9.17) is 11.1 Å². The Morgan fingerprint density at radius 1 is 1.19 bits per heavy atom.